The number of nitrogens with zero attached hydrogens (tertiary/aromatic N) is 2. The molecule has 0 spiro atoms. The highest BCUT2D eigenvalue weighted by Crippen LogP contribution is 2.39. The highest BCUT2D eigenvalue weighted by molar-refractivity contribution is 6.76. The van der Waals surface area contributed by atoms with E-state index in [1.54, 1.807) is 12.3 Å². The van der Waals surface area contributed by atoms with Crippen LogP contribution >= 0.6 is 0 Å². The molecule has 2 aliphatic rings. The molecule has 0 bridgehead atoms. The molecule has 1 unspecified atom stereocenters. The summed E-state index contributed by atoms with van der Waals surface area (Å²) in [6.45, 7) is 12.1. The largest absolute Gasteiger partial charge is 0.465 e. The summed E-state index contributed by atoms with van der Waals surface area (Å²) in [5, 5.41) is 16.1. The Balaban J connectivity index is 1.69. The molecule has 9 heteroatoms. The van der Waals surface area contributed by atoms with Crippen LogP contribution in [-0.4, -0.2) is 64.9 Å². The molecule has 3 rings (SSSR count). The number of hydrogen-bond acceptors (Lipinski definition) is 8. The van der Waals surface area contributed by atoms with Gasteiger partial charge in [0.25, 0.3) is 0 Å². The maximum absolute atomic E-state index is 12.9. The molecule has 1 saturated heterocycles. The van der Waals surface area contributed by atoms with E-state index in [1.807, 2.05) is 6.07 Å². The zero-order valence-electron chi connectivity index (χ0n) is 18.7. The number of anilines is 3. The monoisotopic (exact) mass is 443 g/mol. The van der Waals surface area contributed by atoms with Crippen molar-refractivity contribution in [2.75, 3.05) is 62.4 Å². The number of nitrogens with two attached hydrogens (primary N) is 1. The summed E-state index contributed by atoms with van der Waals surface area (Å²) in [5.41, 5.74) is 9.41. The summed E-state index contributed by atoms with van der Waals surface area (Å²) >= 11 is 0. The zero-order chi connectivity index (χ0) is 22.4. The van der Waals surface area contributed by atoms with Gasteiger partial charge in [0.05, 0.1) is 42.8 Å². The van der Waals surface area contributed by atoms with Gasteiger partial charge in [-0.3, -0.25) is 9.69 Å². The van der Waals surface area contributed by atoms with Crippen molar-refractivity contribution in [3.05, 3.63) is 29.5 Å². The van der Waals surface area contributed by atoms with Crippen LogP contribution in [0.5, 0.6) is 0 Å². The third-order valence-corrected chi connectivity index (χ3v) is 7.24. The van der Waals surface area contributed by atoms with Crippen LogP contribution in [0.25, 0.3) is 0 Å². The third-order valence-electron chi connectivity index (χ3n) is 5.54. The Kier molecular flexibility index (Phi) is 7.59. The molecule has 0 saturated carbocycles. The van der Waals surface area contributed by atoms with E-state index < -0.39 is 20.0 Å². The van der Waals surface area contributed by atoms with Gasteiger partial charge in [-0.25, -0.2) is 0 Å². The van der Waals surface area contributed by atoms with Crippen LogP contribution in [0, 0.1) is 11.3 Å². The Hall–Kier alpha value is -2.54. The topological polar surface area (TPSA) is 113 Å². The van der Waals surface area contributed by atoms with Gasteiger partial charge in [-0.2, -0.15) is 5.26 Å². The van der Waals surface area contributed by atoms with Gasteiger partial charge in [0, 0.05) is 46.1 Å². The number of ether oxygens (including phenoxy) is 2. The molecule has 31 heavy (non-hydrogen) atoms. The van der Waals surface area contributed by atoms with E-state index in [0.717, 1.165) is 56.8 Å². The second kappa shape index (κ2) is 10.2. The van der Waals surface area contributed by atoms with Crippen LogP contribution in [-0.2, 0) is 14.3 Å². The Labute approximate surface area is 185 Å². The predicted molar refractivity (Wildman–Crippen MR) is 126 cm³/mol. The molecule has 1 fully saturated rings. The number of nitrogen functional groups attached to an aromatic ring is 1. The average molecular weight is 444 g/mol. The van der Waals surface area contributed by atoms with Crippen LogP contribution in [0.2, 0.25) is 25.7 Å². The summed E-state index contributed by atoms with van der Waals surface area (Å²) in [7, 11) is -1.32. The molecular weight excluding hydrogens is 410 g/mol. The van der Waals surface area contributed by atoms with E-state index >= 15 is 0 Å². The molecule has 1 aromatic carbocycles. The van der Waals surface area contributed by atoms with E-state index in [-0.39, 0.29) is 0 Å². The van der Waals surface area contributed by atoms with Gasteiger partial charge in [0.2, 0.25) is 0 Å². The molecular formula is C22H33N5O3Si. The lowest BCUT2D eigenvalue weighted by Gasteiger charge is -2.27. The Morgan fingerprint density at radius 1 is 1.39 bits per heavy atom. The van der Waals surface area contributed by atoms with E-state index in [9.17, 15) is 10.1 Å². The number of carbonyl (C=O) groups excluding carboxylic acids is 1. The molecule has 0 aromatic heterocycles. The first-order chi connectivity index (χ1) is 14.8. The first-order valence-corrected chi connectivity index (χ1v) is 14.5. The average Bonchev–Trinajstić information content (AvgIpc) is 2.73. The lowest BCUT2D eigenvalue weighted by Crippen LogP contribution is -2.39. The molecule has 1 aromatic rings. The maximum Gasteiger partial charge on any atom is 0.318 e. The van der Waals surface area contributed by atoms with Crippen molar-refractivity contribution in [1.82, 2.24) is 4.90 Å². The number of fused-ring (bicyclic) bond motifs is 1. The molecule has 2 aliphatic heterocycles. The minimum Gasteiger partial charge on any atom is -0.465 e. The molecule has 2 heterocycles. The summed E-state index contributed by atoms with van der Waals surface area (Å²) in [4.78, 5) is 15.2. The number of morpholine rings is 1. The predicted octanol–water partition coefficient (Wildman–Crippen LogP) is 2.81. The minimum atomic E-state index is -1.32. The second-order valence-electron chi connectivity index (χ2n) is 9.17. The lowest BCUT2D eigenvalue weighted by molar-refractivity contribution is -0.143. The number of carbonyl (C=O) groups is 1. The van der Waals surface area contributed by atoms with Gasteiger partial charge in [0.1, 0.15) is 5.92 Å². The summed E-state index contributed by atoms with van der Waals surface area (Å²) in [6.07, 6.45) is 1.58. The number of hydrogen-bond donors (Lipinski definition) is 3. The fourth-order valence-electron chi connectivity index (χ4n) is 3.62. The SMILES string of the molecule is C[Si](C)(C)CCOC(=O)C1C(C#N)=CNc2cc(NCCN3CCOCC3)c(N)cc21. The fourth-order valence-corrected chi connectivity index (χ4v) is 4.34. The minimum absolute atomic E-state index is 0.331. The van der Waals surface area contributed by atoms with Crippen LogP contribution in [0.4, 0.5) is 17.1 Å². The Bertz CT molecular complexity index is 869. The summed E-state index contributed by atoms with van der Waals surface area (Å²) in [5.74, 6) is -1.16. The van der Waals surface area contributed by atoms with Crippen LogP contribution in [0.15, 0.2) is 23.9 Å². The van der Waals surface area contributed by atoms with Crippen molar-refractivity contribution in [2.45, 2.75) is 31.6 Å². The first kappa shape index (κ1) is 23.1. The van der Waals surface area contributed by atoms with Crippen molar-refractivity contribution in [3.63, 3.8) is 0 Å². The highest BCUT2D eigenvalue weighted by Gasteiger charge is 2.32. The fraction of sp³-hybridized carbons (Fsp3) is 0.545. The van der Waals surface area contributed by atoms with E-state index in [4.69, 9.17) is 15.2 Å². The molecule has 0 amide bonds. The van der Waals surface area contributed by atoms with E-state index in [1.165, 1.54) is 0 Å². The van der Waals surface area contributed by atoms with Crippen molar-refractivity contribution in [3.8, 4) is 6.07 Å². The standard InChI is InChI=1S/C22H33N5O3Si/c1-31(2,3)11-10-30-22(28)21-16(14-23)15-26-19-13-20(18(24)12-17(19)21)25-4-5-27-6-8-29-9-7-27/h12-13,15,21,25-26H,4-11,24H2,1-3H3. The van der Waals surface area contributed by atoms with Crippen LogP contribution in [0.3, 0.4) is 0 Å². The van der Waals surface area contributed by atoms with E-state index in [2.05, 4.69) is 41.2 Å². The van der Waals surface area contributed by atoms with E-state index in [0.29, 0.717) is 23.4 Å². The Morgan fingerprint density at radius 2 is 2.13 bits per heavy atom. The van der Waals surface area contributed by atoms with Crippen LogP contribution < -0.4 is 16.4 Å². The number of nitriles is 1. The lowest BCUT2D eigenvalue weighted by atomic mass is 9.88. The number of esters is 1. The van der Waals surface area contributed by atoms with Gasteiger partial charge < -0.3 is 25.8 Å². The quantitative estimate of drug-likeness (QED) is 0.319. The summed E-state index contributed by atoms with van der Waals surface area (Å²) < 4.78 is 10.9. The Morgan fingerprint density at radius 3 is 2.81 bits per heavy atom. The first-order valence-electron chi connectivity index (χ1n) is 10.8. The van der Waals surface area contributed by atoms with Gasteiger partial charge >= 0.3 is 5.97 Å². The number of nitrogens with one attached hydrogen (secondary N) is 2. The molecule has 168 valence electrons. The normalized spacial score (nSPS) is 18.9. The maximum atomic E-state index is 12.9. The second-order valence-corrected chi connectivity index (χ2v) is 14.8. The number of benzene rings is 1. The smallest absolute Gasteiger partial charge is 0.318 e. The van der Waals surface area contributed by atoms with Crippen molar-refractivity contribution < 1.29 is 14.3 Å². The van der Waals surface area contributed by atoms with Crippen molar-refractivity contribution in [2.24, 2.45) is 0 Å². The molecule has 8 nitrogen and oxygen atoms in total. The van der Waals surface area contributed by atoms with Gasteiger partial charge in [-0.05, 0) is 23.7 Å². The molecule has 0 aliphatic carbocycles. The molecule has 0 radical (unpaired) electrons. The van der Waals surface area contributed by atoms with Crippen molar-refractivity contribution in [1.29, 1.82) is 5.26 Å². The van der Waals surface area contributed by atoms with Crippen molar-refractivity contribution >= 4 is 31.1 Å². The number of rotatable bonds is 8. The highest BCUT2D eigenvalue weighted by atomic mass is 28.3. The van der Waals surface area contributed by atoms with Crippen LogP contribution in [0.1, 0.15) is 11.5 Å². The third kappa shape index (κ3) is 6.23. The van der Waals surface area contributed by atoms with Gasteiger partial charge in [-0.15, -0.1) is 0 Å². The van der Waals surface area contributed by atoms with Gasteiger partial charge in [-0.1, -0.05) is 19.6 Å². The zero-order valence-corrected chi connectivity index (χ0v) is 19.7. The molecule has 1 atom stereocenters. The van der Waals surface area contributed by atoms with Gasteiger partial charge in [0.15, 0.2) is 0 Å². The molecule has 4 N–H and O–H groups in total. The summed E-state index contributed by atoms with van der Waals surface area (Å²) in [6, 6.07) is 6.68.